The molecule has 1 amide bonds. The summed E-state index contributed by atoms with van der Waals surface area (Å²) in [6.07, 6.45) is 4.56. The van der Waals surface area contributed by atoms with Crippen LogP contribution in [0, 0.1) is 0 Å². The van der Waals surface area contributed by atoms with Gasteiger partial charge in [0, 0.05) is 13.1 Å². The van der Waals surface area contributed by atoms with Gasteiger partial charge in [-0.15, -0.1) is 0 Å². The molecule has 0 spiro atoms. The first-order valence-electron chi connectivity index (χ1n) is 5.65. The Labute approximate surface area is 86.1 Å². The monoisotopic (exact) mass is 196 g/mol. The minimum absolute atomic E-state index is 0.204. The Morgan fingerprint density at radius 1 is 1.14 bits per heavy atom. The molecular weight excluding hydrogens is 176 g/mol. The summed E-state index contributed by atoms with van der Waals surface area (Å²) < 4.78 is 0. The molecule has 1 unspecified atom stereocenters. The van der Waals surface area contributed by atoms with Gasteiger partial charge in [-0.25, -0.2) is 0 Å². The summed E-state index contributed by atoms with van der Waals surface area (Å²) in [4.78, 5) is 16.5. The molecular formula is C11H20N2O. The van der Waals surface area contributed by atoms with Gasteiger partial charge in [0.15, 0.2) is 0 Å². The molecule has 0 aliphatic carbocycles. The predicted molar refractivity (Wildman–Crippen MR) is 56.1 cm³/mol. The Morgan fingerprint density at radius 3 is 2.29 bits per heavy atom. The third-order valence-corrected chi connectivity index (χ3v) is 3.85. The van der Waals surface area contributed by atoms with Gasteiger partial charge in [-0.3, -0.25) is 9.69 Å². The van der Waals surface area contributed by atoms with Crippen molar-refractivity contribution in [3.63, 3.8) is 0 Å². The second-order valence-electron chi connectivity index (χ2n) is 4.80. The Kier molecular flexibility index (Phi) is 2.52. The van der Waals surface area contributed by atoms with E-state index < -0.39 is 0 Å². The zero-order valence-corrected chi connectivity index (χ0v) is 9.25. The van der Waals surface area contributed by atoms with E-state index >= 15 is 0 Å². The van der Waals surface area contributed by atoms with Crippen molar-refractivity contribution in [3.8, 4) is 0 Å². The van der Waals surface area contributed by atoms with E-state index in [2.05, 4.69) is 18.9 Å². The fraction of sp³-hybridized carbons (Fsp3) is 0.909. The number of hydrogen-bond acceptors (Lipinski definition) is 2. The summed E-state index contributed by atoms with van der Waals surface area (Å²) in [6, 6.07) is 0. The fourth-order valence-electron chi connectivity index (χ4n) is 2.63. The quantitative estimate of drug-likeness (QED) is 0.627. The molecule has 0 aromatic heterocycles. The van der Waals surface area contributed by atoms with Crippen molar-refractivity contribution in [1.29, 1.82) is 0 Å². The molecule has 2 fully saturated rings. The van der Waals surface area contributed by atoms with Crippen LogP contribution in [0.5, 0.6) is 0 Å². The zero-order valence-electron chi connectivity index (χ0n) is 9.25. The first-order chi connectivity index (χ1) is 6.64. The van der Waals surface area contributed by atoms with Gasteiger partial charge in [0.05, 0.1) is 5.54 Å². The molecule has 2 heterocycles. The molecule has 3 nitrogen and oxygen atoms in total. The first kappa shape index (κ1) is 9.97. The molecule has 0 N–H and O–H groups in total. The number of carbonyl (C=O) groups is 1. The normalized spacial score (nSPS) is 34.0. The van der Waals surface area contributed by atoms with Crippen LogP contribution in [0.2, 0.25) is 0 Å². The average molecular weight is 196 g/mol. The molecule has 3 heteroatoms. The topological polar surface area (TPSA) is 23.6 Å². The zero-order chi connectivity index (χ0) is 10.2. The summed E-state index contributed by atoms with van der Waals surface area (Å²) in [6.45, 7) is 5.11. The third-order valence-electron chi connectivity index (χ3n) is 3.85. The molecule has 0 bridgehead atoms. The van der Waals surface area contributed by atoms with Crippen LogP contribution in [-0.2, 0) is 4.79 Å². The molecule has 2 rings (SSSR count). The van der Waals surface area contributed by atoms with Crippen molar-refractivity contribution in [2.45, 2.75) is 38.1 Å². The van der Waals surface area contributed by atoms with Crippen LogP contribution >= 0.6 is 0 Å². The summed E-state index contributed by atoms with van der Waals surface area (Å²) in [7, 11) is 2.07. The van der Waals surface area contributed by atoms with E-state index in [1.807, 2.05) is 4.90 Å². The van der Waals surface area contributed by atoms with Gasteiger partial charge in [0.25, 0.3) is 0 Å². The lowest BCUT2D eigenvalue weighted by Gasteiger charge is -2.34. The molecule has 80 valence electrons. The number of likely N-dealkylation sites (tertiary alicyclic amines) is 2. The smallest absolute Gasteiger partial charge is 0.242 e. The predicted octanol–water partition coefficient (Wildman–Crippen LogP) is 1.09. The summed E-state index contributed by atoms with van der Waals surface area (Å²) >= 11 is 0. The minimum Gasteiger partial charge on any atom is -0.341 e. The average Bonchev–Trinajstić information content (AvgIpc) is 2.77. The second-order valence-corrected chi connectivity index (χ2v) is 4.80. The lowest BCUT2D eigenvalue weighted by molar-refractivity contribution is -0.140. The molecule has 0 radical (unpaired) electrons. The number of nitrogens with zero attached hydrogens (tertiary/aromatic N) is 2. The molecule has 1 atom stereocenters. The van der Waals surface area contributed by atoms with Crippen LogP contribution in [0.1, 0.15) is 32.6 Å². The largest absolute Gasteiger partial charge is 0.341 e. The summed E-state index contributed by atoms with van der Waals surface area (Å²) in [5.74, 6) is 0.356. The van der Waals surface area contributed by atoms with Gasteiger partial charge in [-0.05, 0) is 46.2 Å². The van der Waals surface area contributed by atoms with Gasteiger partial charge in [-0.2, -0.15) is 0 Å². The highest BCUT2D eigenvalue weighted by Gasteiger charge is 2.43. The number of amides is 1. The Balaban J connectivity index is 2.08. The van der Waals surface area contributed by atoms with E-state index in [1.165, 1.54) is 12.8 Å². The van der Waals surface area contributed by atoms with Crippen molar-refractivity contribution >= 4 is 5.91 Å². The summed E-state index contributed by atoms with van der Waals surface area (Å²) in [5.41, 5.74) is -0.204. The standard InChI is InChI=1S/C11H20N2O/c1-11(6-5-7-12(11)2)10(14)13-8-3-4-9-13/h3-9H2,1-2H3. The van der Waals surface area contributed by atoms with E-state index in [0.29, 0.717) is 5.91 Å². The first-order valence-corrected chi connectivity index (χ1v) is 5.65. The van der Waals surface area contributed by atoms with Gasteiger partial charge < -0.3 is 4.90 Å². The van der Waals surface area contributed by atoms with Gasteiger partial charge in [0.2, 0.25) is 5.91 Å². The molecule has 0 saturated carbocycles. The number of hydrogen-bond donors (Lipinski definition) is 0. The molecule has 0 aromatic carbocycles. The highest BCUT2D eigenvalue weighted by atomic mass is 16.2. The van der Waals surface area contributed by atoms with E-state index in [0.717, 1.165) is 32.5 Å². The maximum atomic E-state index is 12.3. The highest BCUT2D eigenvalue weighted by Crippen LogP contribution is 2.30. The Hall–Kier alpha value is -0.570. The highest BCUT2D eigenvalue weighted by molar-refractivity contribution is 5.86. The fourth-order valence-corrected chi connectivity index (χ4v) is 2.63. The molecule has 2 aliphatic rings. The number of carbonyl (C=O) groups excluding carboxylic acids is 1. The lowest BCUT2D eigenvalue weighted by Crippen LogP contribution is -2.52. The van der Waals surface area contributed by atoms with Crippen molar-refractivity contribution in [1.82, 2.24) is 9.80 Å². The SMILES string of the molecule is CN1CCCC1(C)C(=O)N1CCCC1. The Bertz CT molecular complexity index is 235. The van der Waals surface area contributed by atoms with Crippen molar-refractivity contribution in [2.24, 2.45) is 0 Å². The van der Waals surface area contributed by atoms with Crippen LogP contribution < -0.4 is 0 Å². The summed E-state index contributed by atoms with van der Waals surface area (Å²) in [5, 5.41) is 0. The maximum absolute atomic E-state index is 12.3. The number of likely N-dealkylation sites (N-methyl/N-ethyl adjacent to an activating group) is 1. The van der Waals surface area contributed by atoms with E-state index in [9.17, 15) is 4.79 Å². The van der Waals surface area contributed by atoms with Crippen LogP contribution in [0.3, 0.4) is 0 Å². The van der Waals surface area contributed by atoms with Crippen molar-refractivity contribution in [3.05, 3.63) is 0 Å². The van der Waals surface area contributed by atoms with Crippen LogP contribution in [0.15, 0.2) is 0 Å². The van der Waals surface area contributed by atoms with E-state index in [4.69, 9.17) is 0 Å². The van der Waals surface area contributed by atoms with E-state index in [1.54, 1.807) is 0 Å². The van der Waals surface area contributed by atoms with Gasteiger partial charge in [-0.1, -0.05) is 0 Å². The minimum atomic E-state index is -0.204. The number of rotatable bonds is 1. The van der Waals surface area contributed by atoms with Crippen LogP contribution in [0.25, 0.3) is 0 Å². The molecule has 2 saturated heterocycles. The molecule has 14 heavy (non-hydrogen) atoms. The van der Waals surface area contributed by atoms with Crippen LogP contribution in [0.4, 0.5) is 0 Å². The van der Waals surface area contributed by atoms with Crippen molar-refractivity contribution in [2.75, 3.05) is 26.7 Å². The van der Waals surface area contributed by atoms with Crippen molar-refractivity contribution < 1.29 is 4.79 Å². The van der Waals surface area contributed by atoms with Gasteiger partial charge in [0.1, 0.15) is 0 Å². The molecule has 0 aromatic rings. The maximum Gasteiger partial charge on any atom is 0.242 e. The van der Waals surface area contributed by atoms with Gasteiger partial charge >= 0.3 is 0 Å². The lowest BCUT2D eigenvalue weighted by atomic mass is 9.97. The third kappa shape index (κ3) is 1.44. The second kappa shape index (κ2) is 3.54. The van der Waals surface area contributed by atoms with Crippen LogP contribution in [-0.4, -0.2) is 47.9 Å². The molecule has 2 aliphatic heterocycles. The van der Waals surface area contributed by atoms with E-state index in [-0.39, 0.29) is 5.54 Å². The Morgan fingerprint density at radius 2 is 1.79 bits per heavy atom.